The Kier molecular flexibility index (Phi) is 8.27. The van der Waals surface area contributed by atoms with Gasteiger partial charge in [0.15, 0.2) is 0 Å². The lowest BCUT2D eigenvalue weighted by Crippen LogP contribution is -2.45. The minimum atomic E-state index is -0.563. The van der Waals surface area contributed by atoms with Crippen LogP contribution in [-0.2, 0) is 9.53 Å². The first-order valence-corrected chi connectivity index (χ1v) is 5.40. The van der Waals surface area contributed by atoms with Crippen LogP contribution in [0.15, 0.2) is 0 Å². The van der Waals surface area contributed by atoms with Gasteiger partial charge in [0.25, 0.3) is 0 Å². The van der Waals surface area contributed by atoms with E-state index in [1.165, 1.54) is 7.11 Å². The Morgan fingerprint density at radius 3 is 2.53 bits per heavy atom. The lowest BCUT2D eigenvalue weighted by Gasteiger charge is -2.18. The SMILES string of the molecule is CCN(CC)CCNC(=O)C(N)COC. The Balaban J connectivity index is 3.62. The maximum atomic E-state index is 11.4. The third kappa shape index (κ3) is 6.43. The number of nitrogens with one attached hydrogen (secondary N) is 1. The molecule has 0 saturated carbocycles. The molecule has 0 radical (unpaired) electrons. The quantitative estimate of drug-likeness (QED) is 0.571. The highest BCUT2D eigenvalue weighted by Crippen LogP contribution is 1.85. The van der Waals surface area contributed by atoms with Crippen molar-refractivity contribution in [2.24, 2.45) is 5.73 Å². The highest BCUT2D eigenvalue weighted by molar-refractivity contribution is 5.81. The fraction of sp³-hybridized carbons (Fsp3) is 0.900. The van der Waals surface area contributed by atoms with Gasteiger partial charge in [-0.15, -0.1) is 0 Å². The van der Waals surface area contributed by atoms with Crippen LogP contribution in [-0.4, -0.2) is 56.7 Å². The highest BCUT2D eigenvalue weighted by Gasteiger charge is 2.12. The molecule has 0 saturated heterocycles. The number of nitrogens with two attached hydrogens (primary N) is 1. The van der Waals surface area contributed by atoms with Gasteiger partial charge >= 0.3 is 0 Å². The number of likely N-dealkylation sites (N-methyl/N-ethyl adjacent to an activating group) is 1. The fourth-order valence-corrected chi connectivity index (χ4v) is 1.26. The molecule has 0 aliphatic rings. The van der Waals surface area contributed by atoms with Crippen molar-refractivity contribution in [3.05, 3.63) is 0 Å². The molecule has 1 amide bonds. The summed E-state index contributed by atoms with van der Waals surface area (Å²) in [5.41, 5.74) is 5.56. The zero-order valence-electron chi connectivity index (χ0n) is 9.95. The number of hydrogen-bond acceptors (Lipinski definition) is 4. The van der Waals surface area contributed by atoms with E-state index in [1.54, 1.807) is 0 Å². The zero-order chi connectivity index (χ0) is 11.7. The van der Waals surface area contributed by atoms with Gasteiger partial charge in [-0.2, -0.15) is 0 Å². The largest absolute Gasteiger partial charge is 0.383 e. The number of amides is 1. The molecule has 0 aromatic rings. The monoisotopic (exact) mass is 217 g/mol. The number of carbonyl (C=O) groups is 1. The van der Waals surface area contributed by atoms with Crippen LogP contribution in [0.3, 0.4) is 0 Å². The molecule has 0 aliphatic carbocycles. The lowest BCUT2D eigenvalue weighted by atomic mass is 10.3. The van der Waals surface area contributed by atoms with E-state index in [0.717, 1.165) is 19.6 Å². The summed E-state index contributed by atoms with van der Waals surface area (Å²) in [4.78, 5) is 13.6. The predicted octanol–water partition coefficient (Wildman–Crippen LogP) is -0.582. The van der Waals surface area contributed by atoms with Gasteiger partial charge in [0.1, 0.15) is 6.04 Å². The van der Waals surface area contributed by atoms with Gasteiger partial charge < -0.3 is 20.7 Å². The van der Waals surface area contributed by atoms with Gasteiger partial charge in [0.05, 0.1) is 6.61 Å². The third-order valence-corrected chi connectivity index (χ3v) is 2.30. The number of nitrogens with zero attached hydrogens (tertiary/aromatic N) is 1. The van der Waals surface area contributed by atoms with E-state index in [4.69, 9.17) is 10.5 Å². The summed E-state index contributed by atoms with van der Waals surface area (Å²) in [5, 5.41) is 2.78. The van der Waals surface area contributed by atoms with Crippen LogP contribution in [0.25, 0.3) is 0 Å². The number of methoxy groups -OCH3 is 1. The van der Waals surface area contributed by atoms with Crippen molar-refractivity contribution >= 4 is 5.91 Å². The van der Waals surface area contributed by atoms with Crippen molar-refractivity contribution in [3.8, 4) is 0 Å². The first-order valence-electron chi connectivity index (χ1n) is 5.40. The molecule has 0 aromatic carbocycles. The number of rotatable bonds is 8. The third-order valence-electron chi connectivity index (χ3n) is 2.30. The Bertz CT molecular complexity index is 172. The second kappa shape index (κ2) is 8.64. The van der Waals surface area contributed by atoms with E-state index < -0.39 is 6.04 Å². The average Bonchev–Trinajstić information content (AvgIpc) is 2.24. The molecule has 0 aromatic heterocycles. The molecular formula is C10H23N3O2. The average molecular weight is 217 g/mol. The second-order valence-corrected chi connectivity index (χ2v) is 3.38. The molecule has 5 heteroatoms. The van der Waals surface area contributed by atoms with Crippen LogP contribution >= 0.6 is 0 Å². The maximum Gasteiger partial charge on any atom is 0.239 e. The summed E-state index contributed by atoms with van der Waals surface area (Å²) in [5.74, 6) is -0.149. The first-order chi connectivity index (χ1) is 7.15. The summed E-state index contributed by atoms with van der Waals surface area (Å²) in [6, 6.07) is -0.563. The predicted molar refractivity (Wildman–Crippen MR) is 60.6 cm³/mol. The van der Waals surface area contributed by atoms with Gasteiger partial charge in [-0.25, -0.2) is 0 Å². The molecule has 1 atom stereocenters. The van der Waals surface area contributed by atoms with Gasteiger partial charge in [-0.1, -0.05) is 13.8 Å². The van der Waals surface area contributed by atoms with E-state index in [-0.39, 0.29) is 12.5 Å². The van der Waals surface area contributed by atoms with Crippen LogP contribution in [0.5, 0.6) is 0 Å². The van der Waals surface area contributed by atoms with E-state index >= 15 is 0 Å². The smallest absolute Gasteiger partial charge is 0.239 e. The first kappa shape index (κ1) is 14.3. The van der Waals surface area contributed by atoms with E-state index in [0.29, 0.717) is 6.54 Å². The standard InChI is InChI=1S/C10H23N3O2/c1-4-13(5-2)7-6-12-10(14)9(11)8-15-3/h9H,4-8,11H2,1-3H3,(H,12,14). The number of hydrogen-bond donors (Lipinski definition) is 2. The summed E-state index contributed by atoms with van der Waals surface area (Å²) < 4.78 is 4.80. The van der Waals surface area contributed by atoms with Crippen LogP contribution in [0.2, 0.25) is 0 Å². The van der Waals surface area contributed by atoms with Crippen LogP contribution in [0.4, 0.5) is 0 Å². The van der Waals surface area contributed by atoms with Crippen molar-refractivity contribution < 1.29 is 9.53 Å². The molecule has 15 heavy (non-hydrogen) atoms. The van der Waals surface area contributed by atoms with Crippen LogP contribution in [0, 0.1) is 0 Å². The molecule has 0 aliphatic heterocycles. The van der Waals surface area contributed by atoms with Crippen molar-refractivity contribution in [2.45, 2.75) is 19.9 Å². The topological polar surface area (TPSA) is 67.6 Å². The molecule has 0 bridgehead atoms. The summed E-state index contributed by atoms with van der Waals surface area (Å²) >= 11 is 0. The van der Waals surface area contributed by atoms with E-state index in [9.17, 15) is 4.79 Å². The molecule has 90 valence electrons. The van der Waals surface area contributed by atoms with Gasteiger partial charge in [-0.3, -0.25) is 4.79 Å². The summed E-state index contributed by atoms with van der Waals surface area (Å²) in [6.45, 7) is 7.95. The van der Waals surface area contributed by atoms with Crippen LogP contribution < -0.4 is 11.1 Å². The minimum absolute atomic E-state index is 0.149. The molecule has 0 heterocycles. The van der Waals surface area contributed by atoms with E-state index in [1.807, 2.05) is 0 Å². The molecule has 0 fully saturated rings. The minimum Gasteiger partial charge on any atom is -0.383 e. The molecule has 0 spiro atoms. The van der Waals surface area contributed by atoms with E-state index in [2.05, 4.69) is 24.1 Å². The summed E-state index contributed by atoms with van der Waals surface area (Å²) in [6.07, 6.45) is 0. The number of carbonyl (C=O) groups excluding carboxylic acids is 1. The van der Waals surface area contributed by atoms with Gasteiger partial charge in [-0.05, 0) is 13.1 Å². The Labute approximate surface area is 91.9 Å². The molecule has 1 unspecified atom stereocenters. The number of ether oxygens (including phenoxy) is 1. The maximum absolute atomic E-state index is 11.4. The molecule has 5 nitrogen and oxygen atoms in total. The highest BCUT2D eigenvalue weighted by atomic mass is 16.5. The van der Waals surface area contributed by atoms with Gasteiger partial charge in [0, 0.05) is 20.2 Å². The van der Waals surface area contributed by atoms with Crippen molar-refractivity contribution in [1.82, 2.24) is 10.2 Å². The Hall–Kier alpha value is -0.650. The van der Waals surface area contributed by atoms with Crippen molar-refractivity contribution in [2.75, 3.05) is 39.9 Å². The van der Waals surface area contributed by atoms with Crippen molar-refractivity contribution in [1.29, 1.82) is 0 Å². The lowest BCUT2D eigenvalue weighted by molar-refractivity contribution is -0.123. The second-order valence-electron chi connectivity index (χ2n) is 3.38. The van der Waals surface area contributed by atoms with Crippen LogP contribution in [0.1, 0.15) is 13.8 Å². The fourth-order valence-electron chi connectivity index (χ4n) is 1.26. The Morgan fingerprint density at radius 1 is 1.47 bits per heavy atom. The molecule has 3 N–H and O–H groups in total. The zero-order valence-corrected chi connectivity index (χ0v) is 9.95. The van der Waals surface area contributed by atoms with Gasteiger partial charge in [0.2, 0.25) is 5.91 Å². The Morgan fingerprint density at radius 2 is 2.07 bits per heavy atom. The normalized spacial score (nSPS) is 12.9. The molecular weight excluding hydrogens is 194 g/mol. The molecule has 0 rings (SSSR count). The van der Waals surface area contributed by atoms with Crippen molar-refractivity contribution in [3.63, 3.8) is 0 Å². The summed E-state index contributed by atoms with van der Waals surface area (Å²) in [7, 11) is 1.53.